The van der Waals surface area contributed by atoms with Crippen molar-refractivity contribution in [2.24, 2.45) is 0 Å². The Morgan fingerprint density at radius 3 is 2.68 bits per heavy atom. The first-order valence-electron chi connectivity index (χ1n) is 7.04. The Morgan fingerprint density at radius 1 is 1.23 bits per heavy atom. The summed E-state index contributed by atoms with van der Waals surface area (Å²) in [6, 6.07) is 11.6. The Balaban J connectivity index is 2.14. The van der Waals surface area contributed by atoms with Gasteiger partial charge in [0.15, 0.2) is 17.3 Å². The van der Waals surface area contributed by atoms with Crippen LogP contribution in [-0.4, -0.2) is 12.9 Å². The van der Waals surface area contributed by atoms with E-state index in [2.05, 4.69) is 0 Å². The third-order valence-corrected chi connectivity index (χ3v) is 3.63. The van der Waals surface area contributed by atoms with Crippen LogP contribution in [0.15, 0.2) is 46.9 Å². The minimum atomic E-state index is -0.556. The fourth-order valence-electron chi connectivity index (χ4n) is 2.55. The molecule has 0 aliphatic heterocycles. The second-order valence-corrected chi connectivity index (χ2v) is 4.93. The Hall–Kier alpha value is -2.62. The summed E-state index contributed by atoms with van der Waals surface area (Å²) in [4.78, 5) is 12.8. The SMILES string of the molecule is CCc1oc2ccccc2c1C(=O)c1ccc(OC)c(F)c1. The van der Waals surface area contributed by atoms with Crippen LogP contribution in [0.3, 0.4) is 0 Å². The topological polar surface area (TPSA) is 39.4 Å². The number of aryl methyl sites for hydroxylation is 1. The van der Waals surface area contributed by atoms with Gasteiger partial charge in [-0.05, 0) is 24.3 Å². The number of methoxy groups -OCH3 is 1. The molecule has 3 nitrogen and oxygen atoms in total. The lowest BCUT2D eigenvalue weighted by atomic mass is 9.99. The van der Waals surface area contributed by atoms with Crippen LogP contribution in [0.5, 0.6) is 5.75 Å². The van der Waals surface area contributed by atoms with Crippen LogP contribution in [0, 0.1) is 5.82 Å². The Morgan fingerprint density at radius 2 is 2.00 bits per heavy atom. The average Bonchev–Trinajstić information content (AvgIpc) is 2.92. The second-order valence-electron chi connectivity index (χ2n) is 4.93. The van der Waals surface area contributed by atoms with E-state index in [1.54, 1.807) is 6.07 Å². The summed E-state index contributed by atoms with van der Waals surface area (Å²) in [6.07, 6.45) is 0.592. The maximum atomic E-state index is 13.8. The van der Waals surface area contributed by atoms with Crippen molar-refractivity contribution in [2.75, 3.05) is 7.11 Å². The molecule has 0 unspecified atom stereocenters. The molecule has 112 valence electrons. The van der Waals surface area contributed by atoms with Crippen molar-refractivity contribution < 1.29 is 18.3 Å². The van der Waals surface area contributed by atoms with Crippen molar-refractivity contribution in [3.8, 4) is 5.75 Å². The normalized spacial score (nSPS) is 10.9. The molecule has 1 heterocycles. The highest BCUT2D eigenvalue weighted by Crippen LogP contribution is 2.29. The molecule has 0 atom stereocenters. The quantitative estimate of drug-likeness (QED) is 0.671. The summed E-state index contributed by atoms with van der Waals surface area (Å²) in [5.41, 5.74) is 1.44. The predicted octanol–water partition coefficient (Wildman–Crippen LogP) is 4.37. The molecule has 0 spiro atoms. The average molecular weight is 298 g/mol. The van der Waals surface area contributed by atoms with Gasteiger partial charge in [-0.2, -0.15) is 0 Å². The van der Waals surface area contributed by atoms with Crippen LogP contribution in [0.4, 0.5) is 4.39 Å². The van der Waals surface area contributed by atoms with E-state index in [1.165, 1.54) is 19.2 Å². The number of ketones is 1. The van der Waals surface area contributed by atoms with Crippen molar-refractivity contribution >= 4 is 16.8 Å². The van der Waals surface area contributed by atoms with Crippen LogP contribution in [0.2, 0.25) is 0 Å². The number of benzene rings is 2. The Kier molecular flexibility index (Phi) is 3.67. The molecule has 2 aromatic carbocycles. The van der Waals surface area contributed by atoms with Gasteiger partial charge < -0.3 is 9.15 Å². The summed E-state index contributed by atoms with van der Waals surface area (Å²) in [5.74, 6) is -0.0747. The summed E-state index contributed by atoms with van der Waals surface area (Å²) >= 11 is 0. The molecule has 0 aliphatic carbocycles. The van der Waals surface area contributed by atoms with Crippen molar-refractivity contribution in [1.82, 2.24) is 0 Å². The van der Waals surface area contributed by atoms with Gasteiger partial charge in [0.05, 0.1) is 12.7 Å². The second kappa shape index (κ2) is 5.64. The van der Waals surface area contributed by atoms with Crippen molar-refractivity contribution in [2.45, 2.75) is 13.3 Å². The third kappa shape index (κ3) is 2.26. The molecular formula is C18H15FO3. The van der Waals surface area contributed by atoms with Crippen molar-refractivity contribution in [1.29, 1.82) is 0 Å². The highest BCUT2D eigenvalue weighted by atomic mass is 19.1. The largest absolute Gasteiger partial charge is 0.494 e. The number of para-hydroxylation sites is 1. The zero-order valence-electron chi connectivity index (χ0n) is 12.4. The van der Waals surface area contributed by atoms with Crippen molar-refractivity contribution in [3.05, 3.63) is 65.2 Å². The van der Waals surface area contributed by atoms with E-state index in [9.17, 15) is 9.18 Å². The van der Waals surface area contributed by atoms with Gasteiger partial charge in [-0.3, -0.25) is 4.79 Å². The fraction of sp³-hybridized carbons (Fsp3) is 0.167. The molecule has 0 aliphatic rings. The van der Waals surface area contributed by atoms with Gasteiger partial charge in [0.2, 0.25) is 0 Å². The summed E-state index contributed by atoms with van der Waals surface area (Å²) in [6.45, 7) is 1.92. The lowest BCUT2D eigenvalue weighted by Gasteiger charge is -2.05. The lowest BCUT2D eigenvalue weighted by Crippen LogP contribution is -2.04. The van der Waals surface area contributed by atoms with Gasteiger partial charge in [0.1, 0.15) is 11.3 Å². The number of halogens is 1. The number of ether oxygens (including phenoxy) is 1. The van der Waals surface area contributed by atoms with Crippen LogP contribution in [-0.2, 0) is 6.42 Å². The highest BCUT2D eigenvalue weighted by molar-refractivity contribution is 6.16. The van der Waals surface area contributed by atoms with Gasteiger partial charge in [-0.1, -0.05) is 25.1 Å². The predicted molar refractivity (Wildman–Crippen MR) is 82.0 cm³/mol. The lowest BCUT2D eigenvalue weighted by molar-refractivity contribution is 0.103. The first-order valence-corrected chi connectivity index (χ1v) is 7.04. The maximum Gasteiger partial charge on any atom is 0.197 e. The van der Waals surface area contributed by atoms with Gasteiger partial charge in [-0.25, -0.2) is 4.39 Å². The number of rotatable bonds is 4. The van der Waals surface area contributed by atoms with Gasteiger partial charge in [0, 0.05) is 17.4 Å². The molecule has 22 heavy (non-hydrogen) atoms. The minimum Gasteiger partial charge on any atom is -0.494 e. The summed E-state index contributed by atoms with van der Waals surface area (Å²) in [7, 11) is 1.39. The number of fused-ring (bicyclic) bond motifs is 1. The van der Waals surface area contributed by atoms with Gasteiger partial charge in [0.25, 0.3) is 0 Å². The first kappa shape index (κ1) is 14.3. The molecule has 0 fully saturated rings. The molecule has 3 rings (SSSR count). The maximum absolute atomic E-state index is 13.8. The van der Waals surface area contributed by atoms with E-state index in [0.29, 0.717) is 23.3 Å². The van der Waals surface area contributed by atoms with E-state index in [4.69, 9.17) is 9.15 Å². The highest BCUT2D eigenvalue weighted by Gasteiger charge is 2.21. The summed E-state index contributed by atoms with van der Waals surface area (Å²) < 4.78 is 24.5. The number of carbonyl (C=O) groups is 1. The Bertz CT molecular complexity index is 849. The molecule has 0 amide bonds. The molecule has 4 heteroatoms. The van der Waals surface area contributed by atoms with Crippen LogP contribution in [0.1, 0.15) is 28.6 Å². The van der Waals surface area contributed by atoms with Gasteiger partial charge in [-0.15, -0.1) is 0 Å². The number of carbonyl (C=O) groups excluding carboxylic acids is 1. The third-order valence-electron chi connectivity index (χ3n) is 3.63. The van der Waals surface area contributed by atoms with E-state index in [1.807, 2.05) is 31.2 Å². The first-order chi connectivity index (χ1) is 10.7. The monoisotopic (exact) mass is 298 g/mol. The van der Waals surface area contributed by atoms with Gasteiger partial charge >= 0.3 is 0 Å². The molecule has 1 aromatic heterocycles. The van der Waals surface area contributed by atoms with Crippen LogP contribution in [0.25, 0.3) is 11.0 Å². The van der Waals surface area contributed by atoms with Crippen LogP contribution < -0.4 is 4.74 Å². The molecule has 3 aromatic rings. The van der Waals surface area contributed by atoms with E-state index >= 15 is 0 Å². The summed E-state index contributed by atoms with van der Waals surface area (Å²) in [5, 5.41) is 0.751. The number of hydrogen-bond donors (Lipinski definition) is 0. The minimum absolute atomic E-state index is 0.115. The number of furan rings is 1. The smallest absolute Gasteiger partial charge is 0.197 e. The molecule has 0 bridgehead atoms. The molecule has 0 saturated carbocycles. The fourth-order valence-corrected chi connectivity index (χ4v) is 2.55. The standard InChI is InChI=1S/C18H15FO3/c1-3-14-17(12-6-4-5-7-15(12)22-14)18(20)11-8-9-16(21-2)13(19)10-11/h4-10H,3H2,1-2H3. The molecule has 0 radical (unpaired) electrons. The number of hydrogen-bond acceptors (Lipinski definition) is 3. The van der Waals surface area contributed by atoms with E-state index < -0.39 is 5.82 Å². The Labute approximate surface area is 127 Å². The van der Waals surface area contributed by atoms with E-state index in [0.717, 1.165) is 5.39 Å². The molecular weight excluding hydrogens is 283 g/mol. The van der Waals surface area contributed by atoms with E-state index in [-0.39, 0.29) is 17.1 Å². The van der Waals surface area contributed by atoms with Crippen LogP contribution >= 0.6 is 0 Å². The zero-order valence-corrected chi connectivity index (χ0v) is 12.4. The zero-order chi connectivity index (χ0) is 15.7. The molecule has 0 saturated heterocycles. The van der Waals surface area contributed by atoms with Crippen molar-refractivity contribution in [3.63, 3.8) is 0 Å². The molecule has 0 N–H and O–H groups in total.